The summed E-state index contributed by atoms with van der Waals surface area (Å²) in [6, 6.07) is 7.66. The van der Waals surface area contributed by atoms with Crippen molar-refractivity contribution >= 4 is 15.8 Å². The quantitative estimate of drug-likeness (QED) is 0.766. The van der Waals surface area contributed by atoms with Crippen molar-refractivity contribution < 1.29 is 9.53 Å². The van der Waals surface area contributed by atoms with E-state index in [2.05, 4.69) is 6.26 Å². The van der Waals surface area contributed by atoms with Crippen LogP contribution in [0.5, 0.6) is 5.75 Å². The Morgan fingerprint density at radius 1 is 1.24 bits per heavy atom. The Labute approximate surface area is 104 Å². The molecule has 0 spiro atoms. The first kappa shape index (κ1) is 11.1. The lowest BCUT2D eigenvalue weighted by molar-refractivity contribution is 0.0941. The van der Waals surface area contributed by atoms with Gasteiger partial charge < -0.3 is 4.74 Å². The second kappa shape index (κ2) is 4.05. The zero-order valence-corrected chi connectivity index (χ0v) is 11.0. The fraction of sp³-hybridized carbons (Fsp3) is 0.500. The average Bonchev–Trinajstić information content (AvgIpc) is 2.78. The number of ketones is 1. The molecule has 1 unspecified atom stereocenters. The summed E-state index contributed by atoms with van der Waals surface area (Å²) < 4.78 is 5.78. The third-order valence-corrected chi connectivity index (χ3v) is 8.16. The first-order valence-electron chi connectivity index (χ1n) is 6.19. The van der Waals surface area contributed by atoms with Gasteiger partial charge in [0.15, 0.2) is 5.78 Å². The van der Waals surface area contributed by atoms with Crippen LogP contribution in [0.3, 0.4) is 0 Å². The molecule has 1 aromatic carbocycles. The average molecular weight is 250 g/mol. The van der Waals surface area contributed by atoms with Gasteiger partial charge in [-0.15, -0.1) is 0 Å². The maximum absolute atomic E-state index is 12.5. The molecule has 92 valence electrons. The van der Waals surface area contributed by atoms with Crippen LogP contribution >= 0.6 is 10.0 Å². The summed E-state index contributed by atoms with van der Waals surface area (Å²) >= 11 is 0. The Kier molecular flexibility index (Phi) is 2.66. The van der Waals surface area contributed by atoms with Crippen molar-refractivity contribution in [2.75, 3.05) is 24.4 Å². The summed E-state index contributed by atoms with van der Waals surface area (Å²) in [6.07, 6.45) is 4.91. The lowest BCUT2D eigenvalue weighted by Gasteiger charge is -2.40. The Balaban J connectivity index is 1.94. The Bertz CT molecular complexity index is 449. The molecule has 0 N–H and O–H groups in total. The van der Waals surface area contributed by atoms with Crippen molar-refractivity contribution in [2.24, 2.45) is 0 Å². The summed E-state index contributed by atoms with van der Waals surface area (Å²) in [5.74, 6) is 3.59. The standard InChI is InChI=1S/C14H18O2S/c1-17(8-4-5-9-17)13-10-16-12-7-3-2-6-11(12)14(13)15/h2-3,6-7,13H,4-5,8-10H2,1H3. The molecule has 2 nitrogen and oxygen atoms in total. The Morgan fingerprint density at radius 3 is 2.71 bits per heavy atom. The molecular formula is C14H18O2S. The number of carbonyl (C=O) groups is 1. The minimum atomic E-state index is -0.772. The summed E-state index contributed by atoms with van der Waals surface area (Å²) in [7, 11) is -0.772. The van der Waals surface area contributed by atoms with Crippen molar-refractivity contribution in [1.29, 1.82) is 0 Å². The van der Waals surface area contributed by atoms with E-state index in [1.54, 1.807) is 0 Å². The molecule has 2 aliphatic rings. The second-order valence-corrected chi connectivity index (χ2v) is 9.21. The van der Waals surface area contributed by atoms with E-state index < -0.39 is 10.0 Å². The van der Waals surface area contributed by atoms with Crippen molar-refractivity contribution in [3.05, 3.63) is 29.8 Å². The van der Waals surface area contributed by atoms with E-state index in [-0.39, 0.29) is 5.25 Å². The number of para-hydroxylation sites is 1. The highest BCUT2D eigenvalue weighted by atomic mass is 32.3. The van der Waals surface area contributed by atoms with Gasteiger partial charge in [0.25, 0.3) is 0 Å². The van der Waals surface area contributed by atoms with Crippen molar-refractivity contribution in [2.45, 2.75) is 18.1 Å². The topological polar surface area (TPSA) is 26.3 Å². The van der Waals surface area contributed by atoms with Crippen LogP contribution in [0.2, 0.25) is 0 Å². The van der Waals surface area contributed by atoms with Gasteiger partial charge >= 0.3 is 0 Å². The van der Waals surface area contributed by atoms with E-state index in [9.17, 15) is 4.79 Å². The van der Waals surface area contributed by atoms with Gasteiger partial charge in [0.2, 0.25) is 0 Å². The minimum absolute atomic E-state index is 0.139. The molecule has 0 aromatic heterocycles. The third kappa shape index (κ3) is 1.77. The van der Waals surface area contributed by atoms with Crippen LogP contribution in [0.15, 0.2) is 24.3 Å². The fourth-order valence-electron chi connectivity index (χ4n) is 2.88. The summed E-state index contributed by atoms with van der Waals surface area (Å²) in [4.78, 5) is 12.5. The number of rotatable bonds is 1. The van der Waals surface area contributed by atoms with Gasteiger partial charge in [-0.25, -0.2) is 10.0 Å². The number of hydrogen-bond donors (Lipinski definition) is 0. The van der Waals surface area contributed by atoms with Gasteiger partial charge in [-0.2, -0.15) is 0 Å². The Morgan fingerprint density at radius 2 is 1.94 bits per heavy atom. The molecule has 2 aliphatic heterocycles. The van der Waals surface area contributed by atoms with Crippen LogP contribution in [0, 0.1) is 0 Å². The second-order valence-electron chi connectivity index (χ2n) is 5.13. The van der Waals surface area contributed by atoms with Crippen molar-refractivity contribution in [3.8, 4) is 5.75 Å². The molecule has 2 heterocycles. The van der Waals surface area contributed by atoms with E-state index in [0.717, 1.165) is 11.3 Å². The van der Waals surface area contributed by atoms with Crippen LogP contribution < -0.4 is 4.74 Å². The molecule has 17 heavy (non-hydrogen) atoms. The molecule has 1 saturated heterocycles. The number of benzene rings is 1. The van der Waals surface area contributed by atoms with Crippen LogP contribution in [0.25, 0.3) is 0 Å². The lowest BCUT2D eigenvalue weighted by atomic mass is 10.1. The first-order valence-corrected chi connectivity index (χ1v) is 8.64. The summed E-state index contributed by atoms with van der Waals surface area (Å²) in [6.45, 7) is 0.599. The number of hydrogen-bond acceptors (Lipinski definition) is 2. The SMILES string of the molecule is CS1(C2COc3ccccc3C2=O)CCCC1. The number of Topliss-reactive ketones (excluding diaryl/α,β-unsaturated/α-hetero) is 1. The van der Waals surface area contributed by atoms with E-state index in [4.69, 9.17) is 4.74 Å². The van der Waals surface area contributed by atoms with E-state index >= 15 is 0 Å². The highest BCUT2D eigenvalue weighted by Crippen LogP contribution is 2.56. The van der Waals surface area contributed by atoms with Gasteiger partial charge in [-0.3, -0.25) is 4.79 Å². The molecule has 1 fully saturated rings. The highest BCUT2D eigenvalue weighted by molar-refractivity contribution is 8.34. The molecule has 1 aromatic rings. The predicted molar refractivity (Wildman–Crippen MR) is 72.5 cm³/mol. The molecule has 0 radical (unpaired) electrons. The smallest absolute Gasteiger partial charge is 0.181 e. The molecule has 0 aliphatic carbocycles. The molecule has 3 heteroatoms. The van der Waals surface area contributed by atoms with Crippen LogP contribution in [-0.2, 0) is 0 Å². The van der Waals surface area contributed by atoms with Crippen LogP contribution in [-0.4, -0.2) is 35.4 Å². The first-order chi connectivity index (χ1) is 8.21. The van der Waals surface area contributed by atoms with Gasteiger partial charge in [0, 0.05) is 0 Å². The maximum Gasteiger partial charge on any atom is 0.181 e. The summed E-state index contributed by atoms with van der Waals surface area (Å²) in [5, 5.41) is 0.139. The van der Waals surface area contributed by atoms with E-state index in [0.29, 0.717) is 12.4 Å². The molecule has 0 saturated carbocycles. The number of fused-ring (bicyclic) bond motifs is 1. The van der Waals surface area contributed by atoms with Crippen LogP contribution in [0.4, 0.5) is 0 Å². The normalized spacial score (nSPS) is 28.3. The van der Waals surface area contributed by atoms with Gasteiger partial charge in [0.05, 0.1) is 10.8 Å². The van der Waals surface area contributed by atoms with Gasteiger partial charge in [-0.05, 0) is 42.7 Å². The molecule has 3 rings (SSSR count). The molecular weight excluding hydrogens is 232 g/mol. The highest BCUT2D eigenvalue weighted by Gasteiger charge is 2.40. The van der Waals surface area contributed by atoms with Gasteiger partial charge in [-0.1, -0.05) is 12.1 Å². The molecule has 0 bridgehead atoms. The zero-order valence-electron chi connectivity index (χ0n) is 10.1. The number of ether oxygens (including phenoxy) is 1. The van der Waals surface area contributed by atoms with E-state index in [1.165, 1.54) is 24.3 Å². The van der Waals surface area contributed by atoms with Crippen LogP contribution in [0.1, 0.15) is 23.2 Å². The van der Waals surface area contributed by atoms with E-state index in [1.807, 2.05) is 24.3 Å². The zero-order chi connectivity index (χ0) is 11.9. The maximum atomic E-state index is 12.5. The predicted octanol–water partition coefficient (Wildman–Crippen LogP) is 2.86. The summed E-state index contributed by atoms with van der Waals surface area (Å²) in [5.41, 5.74) is 0.796. The van der Waals surface area contributed by atoms with Crippen molar-refractivity contribution in [3.63, 3.8) is 0 Å². The monoisotopic (exact) mass is 250 g/mol. The third-order valence-electron chi connectivity index (χ3n) is 3.99. The lowest BCUT2D eigenvalue weighted by Crippen LogP contribution is -2.37. The van der Waals surface area contributed by atoms with Gasteiger partial charge in [0.1, 0.15) is 12.4 Å². The fourth-order valence-corrected chi connectivity index (χ4v) is 6.42. The molecule has 1 atom stereocenters. The van der Waals surface area contributed by atoms with Crippen molar-refractivity contribution in [1.82, 2.24) is 0 Å². The minimum Gasteiger partial charge on any atom is -0.491 e. The Hall–Kier alpha value is -0.960. The number of carbonyl (C=O) groups excluding carboxylic acids is 1. The largest absolute Gasteiger partial charge is 0.491 e. The molecule has 0 amide bonds.